The van der Waals surface area contributed by atoms with E-state index in [2.05, 4.69) is 25.5 Å². The number of amides is 1. The van der Waals surface area contributed by atoms with Gasteiger partial charge in [-0.05, 0) is 52.9 Å². The number of hydrogen-bond donors (Lipinski definition) is 4. The Labute approximate surface area is 193 Å². The summed E-state index contributed by atoms with van der Waals surface area (Å²) >= 11 is 0. The smallest absolute Gasteiger partial charge is 0.267 e. The van der Waals surface area contributed by atoms with E-state index in [0.717, 1.165) is 25.7 Å². The van der Waals surface area contributed by atoms with Crippen LogP contribution in [-0.2, 0) is 9.84 Å². The Morgan fingerprint density at radius 1 is 1.24 bits per heavy atom. The number of primary amides is 1. The van der Waals surface area contributed by atoms with Crippen LogP contribution >= 0.6 is 0 Å². The molecule has 1 aliphatic rings. The van der Waals surface area contributed by atoms with Crippen LogP contribution in [0, 0.1) is 0 Å². The number of H-pyrrole nitrogens is 1. The van der Waals surface area contributed by atoms with Gasteiger partial charge in [-0.2, -0.15) is 4.98 Å². The number of anilines is 3. The first-order valence-corrected chi connectivity index (χ1v) is 12.5. The number of para-hydroxylation sites is 1. The van der Waals surface area contributed by atoms with Crippen molar-refractivity contribution >= 4 is 33.2 Å². The van der Waals surface area contributed by atoms with Gasteiger partial charge in [-0.3, -0.25) is 14.6 Å². The zero-order chi connectivity index (χ0) is 24.4. The molecule has 0 atom stereocenters. The predicted octanol–water partition coefficient (Wildman–Crippen LogP) is 2.08. The Morgan fingerprint density at radius 2 is 1.88 bits per heavy atom. The molecule has 1 saturated carbocycles. The molecular formula is C22H32N6O4S. The fourth-order valence-electron chi connectivity index (χ4n) is 4.14. The third kappa shape index (κ3) is 5.03. The van der Waals surface area contributed by atoms with E-state index in [1.54, 1.807) is 32.0 Å². The highest BCUT2D eigenvalue weighted by Gasteiger charge is 2.36. The molecule has 0 aliphatic heterocycles. The van der Waals surface area contributed by atoms with Gasteiger partial charge in [-0.1, -0.05) is 25.0 Å². The van der Waals surface area contributed by atoms with Crippen LogP contribution < -0.4 is 21.9 Å². The molecule has 11 heteroatoms. The van der Waals surface area contributed by atoms with E-state index in [1.165, 1.54) is 6.07 Å². The molecule has 1 heterocycles. The van der Waals surface area contributed by atoms with Crippen LogP contribution in [0.3, 0.4) is 0 Å². The van der Waals surface area contributed by atoms with E-state index < -0.39 is 26.6 Å². The average Bonchev–Trinajstić information content (AvgIpc) is 3.22. The van der Waals surface area contributed by atoms with Crippen molar-refractivity contribution in [3.8, 4) is 0 Å². The maximum atomic E-state index is 12.8. The molecular weight excluding hydrogens is 444 g/mol. The standard InChI is InChI=1S/C22H32N6O4S/c1-14(2)33(31,32)16-10-6-5-9-15(16)25-19-17(18(23)29)20(30)27-21(26-19)24-13-22(28(3)4)11-7-8-12-22/h5-6,9-10,14H,7-8,11-13H2,1-4H3,(H2,23,29)(H3,24,25,26,27,30). The maximum absolute atomic E-state index is 12.8. The summed E-state index contributed by atoms with van der Waals surface area (Å²) in [4.78, 5) is 33.9. The Morgan fingerprint density at radius 3 is 2.45 bits per heavy atom. The second kappa shape index (κ2) is 9.52. The highest BCUT2D eigenvalue weighted by molar-refractivity contribution is 7.92. The minimum atomic E-state index is -3.63. The maximum Gasteiger partial charge on any atom is 0.267 e. The number of rotatable bonds is 9. The molecule has 33 heavy (non-hydrogen) atoms. The lowest BCUT2D eigenvalue weighted by molar-refractivity contribution is 0.0999. The molecule has 3 rings (SSSR count). The first-order chi connectivity index (χ1) is 15.5. The number of likely N-dealkylation sites (N-methyl/N-ethyl adjacent to an activating group) is 1. The number of carbonyl (C=O) groups is 1. The molecule has 0 unspecified atom stereocenters. The summed E-state index contributed by atoms with van der Waals surface area (Å²) in [5.74, 6) is -0.905. The Bertz CT molecular complexity index is 1180. The molecule has 1 aromatic heterocycles. The molecule has 0 saturated heterocycles. The normalized spacial score (nSPS) is 15.7. The van der Waals surface area contributed by atoms with Gasteiger partial charge >= 0.3 is 0 Å². The van der Waals surface area contributed by atoms with E-state index in [9.17, 15) is 18.0 Å². The summed E-state index contributed by atoms with van der Waals surface area (Å²) in [5.41, 5.74) is 4.50. The van der Waals surface area contributed by atoms with Crippen molar-refractivity contribution < 1.29 is 13.2 Å². The first kappa shape index (κ1) is 24.7. The molecule has 5 N–H and O–H groups in total. The zero-order valence-corrected chi connectivity index (χ0v) is 20.3. The van der Waals surface area contributed by atoms with Crippen molar-refractivity contribution in [2.75, 3.05) is 31.3 Å². The van der Waals surface area contributed by atoms with Gasteiger partial charge in [0.15, 0.2) is 15.7 Å². The monoisotopic (exact) mass is 476 g/mol. The van der Waals surface area contributed by atoms with E-state index in [4.69, 9.17) is 5.73 Å². The van der Waals surface area contributed by atoms with Crippen LogP contribution in [0.1, 0.15) is 49.9 Å². The molecule has 1 aromatic carbocycles. The average molecular weight is 477 g/mol. The fourth-order valence-corrected chi connectivity index (χ4v) is 5.34. The minimum Gasteiger partial charge on any atom is -0.365 e. The van der Waals surface area contributed by atoms with Crippen molar-refractivity contribution in [2.24, 2.45) is 5.73 Å². The summed E-state index contributed by atoms with van der Waals surface area (Å²) in [5, 5.41) is 5.39. The van der Waals surface area contributed by atoms with Crippen LogP contribution in [-0.4, -0.2) is 60.6 Å². The summed E-state index contributed by atoms with van der Waals surface area (Å²) in [6.45, 7) is 3.72. The molecule has 1 aliphatic carbocycles. The molecule has 0 bridgehead atoms. The fraction of sp³-hybridized carbons (Fsp3) is 0.500. The summed E-state index contributed by atoms with van der Waals surface area (Å²) in [6, 6.07) is 6.28. The molecule has 1 fully saturated rings. The number of carbonyl (C=O) groups excluding carboxylic acids is 1. The van der Waals surface area contributed by atoms with Crippen molar-refractivity contribution in [1.29, 1.82) is 0 Å². The summed E-state index contributed by atoms with van der Waals surface area (Å²) < 4.78 is 25.6. The Kier molecular flexibility index (Phi) is 7.13. The Hall–Kier alpha value is -2.92. The second-order valence-corrected chi connectivity index (χ2v) is 11.4. The lowest BCUT2D eigenvalue weighted by Gasteiger charge is -2.36. The highest BCUT2D eigenvalue weighted by Crippen LogP contribution is 2.34. The predicted molar refractivity (Wildman–Crippen MR) is 129 cm³/mol. The quantitative estimate of drug-likeness (QED) is 0.429. The molecule has 1 amide bonds. The number of benzene rings is 1. The molecule has 2 aromatic rings. The van der Waals surface area contributed by atoms with Gasteiger partial charge in [0.25, 0.3) is 11.5 Å². The molecule has 180 valence electrons. The summed E-state index contributed by atoms with van der Waals surface area (Å²) in [6.07, 6.45) is 4.28. The topological polar surface area (TPSA) is 150 Å². The number of nitrogens with zero attached hydrogens (tertiary/aromatic N) is 2. The lowest BCUT2D eigenvalue weighted by atomic mass is 9.96. The van der Waals surface area contributed by atoms with Crippen molar-refractivity contribution in [2.45, 2.75) is 55.2 Å². The van der Waals surface area contributed by atoms with Gasteiger partial charge in [0, 0.05) is 12.1 Å². The van der Waals surface area contributed by atoms with Gasteiger partial charge in [0.1, 0.15) is 5.56 Å². The van der Waals surface area contributed by atoms with Gasteiger partial charge in [0.2, 0.25) is 5.95 Å². The van der Waals surface area contributed by atoms with Gasteiger partial charge in [0.05, 0.1) is 15.8 Å². The lowest BCUT2D eigenvalue weighted by Crippen LogP contribution is -2.47. The van der Waals surface area contributed by atoms with Gasteiger partial charge in [-0.15, -0.1) is 0 Å². The number of hydrogen-bond acceptors (Lipinski definition) is 8. The first-order valence-electron chi connectivity index (χ1n) is 10.9. The molecule has 10 nitrogen and oxygen atoms in total. The Balaban J connectivity index is 2.00. The number of nitrogens with one attached hydrogen (secondary N) is 3. The van der Waals surface area contributed by atoms with Crippen molar-refractivity contribution in [1.82, 2.24) is 14.9 Å². The van der Waals surface area contributed by atoms with Crippen LogP contribution in [0.4, 0.5) is 17.5 Å². The highest BCUT2D eigenvalue weighted by atomic mass is 32.2. The second-order valence-electron chi connectivity index (χ2n) is 8.90. The van der Waals surface area contributed by atoms with E-state index >= 15 is 0 Å². The van der Waals surface area contributed by atoms with Crippen LogP contribution in [0.5, 0.6) is 0 Å². The third-order valence-electron chi connectivity index (χ3n) is 6.30. The molecule has 0 radical (unpaired) electrons. The van der Waals surface area contributed by atoms with Gasteiger partial charge < -0.3 is 21.3 Å². The third-order valence-corrected chi connectivity index (χ3v) is 8.51. The number of sulfone groups is 1. The SMILES string of the molecule is CC(C)S(=O)(=O)c1ccccc1Nc1nc(NCC2(N(C)C)CCCC2)[nH]c(=O)c1C(N)=O. The molecule has 0 spiro atoms. The number of nitrogens with two attached hydrogens (primary N) is 1. The van der Waals surface area contributed by atoms with Crippen molar-refractivity contribution in [3.05, 3.63) is 40.2 Å². The number of aromatic nitrogens is 2. The number of aromatic amines is 1. The zero-order valence-electron chi connectivity index (χ0n) is 19.4. The van der Waals surface area contributed by atoms with Gasteiger partial charge in [-0.25, -0.2) is 8.42 Å². The van der Waals surface area contributed by atoms with Crippen molar-refractivity contribution in [3.63, 3.8) is 0 Å². The largest absolute Gasteiger partial charge is 0.365 e. The van der Waals surface area contributed by atoms with Crippen LogP contribution in [0.15, 0.2) is 34.0 Å². The van der Waals surface area contributed by atoms with E-state index in [0.29, 0.717) is 6.54 Å². The summed E-state index contributed by atoms with van der Waals surface area (Å²) in [7, 11) is 0.419. The minimum absolute atomic E-state index is 0.0459. The van der Waals surface area contributed by atoms with Crippen LogP contribution in [0.25, 0.3) is 0 Å². The van der Waals surface area contributed by atoms with E-state index in [1.807, 2.05) is 14.1 Å². The van der Waals surface area contributed by atoms with Crippen LogP contribution in [0.2, 0.25) is 0 Å². The van der Waals surface area contributed by atoms with E-state index in [-0.39, 0.29) is 33.5 Å².